The Morgan fingerprint density at radius 3 is 2.67 bits per heavy atom. The van der Waals surface area contributed by atoms with Crippen LogP contribution >= 0.6 is 34.2 Å². The largest absolute Gasteiger partial charge is 0.315 e. The lowest BCUT2D eigenvalue weighted by Gasteiger charge is -2.28. The second-order valence-corrected chi connectivity index (χ2v) is 4.67. The number of halogens is 2. The minimum absolute atomic E-state index is 0.634. The topological polar surface area (TPSA) is 12.0 Å². The van der Waals surface area contributed by atoms with Crippen molar-refractivity contribution in [3.05, 3.63) is 32.4 Å². The summed E-state index contributed by atoms with van der Waals surface area (Å²) in [6, 6.07) is 6.27. The normalized spacial score (nSPS) is 17.5. The van der Waals surface area contributed by atoms with Crippen molar-refractivity contribution in [2.45, 2.75) is 5.92 Å². The Hall–Kier alpha value is 0.200. The Morgan fingerprint density at radius 2 is 2.17 bits per heavy atom. The summed E-state index contributed by atoms with van der Waals surface area (Å²) in [4.78, 5) is 0. The molecule has 0 saturated carbocycles. The van der Waals surface area contributed by atoms with Crippen LogP contribution in [0, 0.1) is 3.57 Å². The number of hydrogen-bond acceptors (Lipinski definition) is 1. The van der Waals surface area contributed by atoms with Gasteiger partial charge in [-0.2, -0.15) is 0 Å². The molecule has 0 unspecified atom stereocenters. The first-order chi connectivity index (χ1) is 5.77. The van der Waals surface area contributed by atoms with Gasteiger partial charge in [-0.3, -0.25) is 0 Å². The molecule has 1 heterocycles. The van der Waals surface area contributed by atoms with Gasteiger partial charge in [0.15, 0.2) is 0 Å². The van der Waals surface area contributed by atoms with Crippen molar-refractivity contribution in [2.24, 2.45) is 0 Å². The van der Waals surface area contributed by atoms with Gasteiger partial charge in [0.1, 0.15) is 0 Å². The van der Waals surface area contributed by atoms with E-state index in [-0.39, 0.29) is 0 Å². The highest BCUT2D eigenvalue weighted by atomic mass is 127. The molecular formula is C9H9ClIN. The number of rotatable bonds is 1. The van der Waals surface area contributed by atoms with E-state index in [4.69, 9.17) is 11.6 Å². The summed E-state index contributed by atoms with van der Waals surface area (Å²) < 4.78 is 1.20. The molecule has 0 bridgehead atoms. The zero-order valence-corrected chi connectivity index (χ0v) is 9.39. The Bertz CT molecular complexity index is 297. The number of nitrogens with one attached hydrogen (secondary N) is 1. The van der Waals surface area contributed by atoms with Gasteiger partial charge in [-0.25, -0.2) is 0 Å². The average Bonchev–Trinajstić information content (AvgIpc) is 1.91. The highest BCUT2D eigenvalue weighted by Crippen LogP contribution is 2.28. The lowest BCUT2D eigenvalue weighted by molar-refractivity contribution is 0.448. The molecule has 1 aliphatic heterocycles. The first-order valence-corrected chi connectivity index (χ1v) is 5.38. The van der Waals surface area contributed by atoms with E-state index < -0.39 is 0 Å². The SMILES string of the molecule is Clc1cc(I)ccc1C1CNC1. The van der Waals surface area contributed by atoms with Crippen LogP contribution in [0.4, 0.5) is 0 Å². The molecule has 1 nitrogen and oxygen atoms in total. The van der Waals surface area contributed by atoms with Crippen LogP contribution in [-0.2, 0) is 0 Å². The van der Waals surface area contributed by atoms with Crippen LogP contribution in [-0.4, -0.2) is 13.1 Å². The highest BCUT2D eigenvalue weighted by molar-refractivity contribution is 14.1. The van der Waals surface area contributed by atoms with E-state index in [1.807, 2.05) is 6.07 Å². The fourth-order valence-corrected chi connectivity index (χ4v) is 2.35. The van der Waals surface area contributed by atoms with E-state index in [1.165, 1.54) is 9.13 Å². The third-order valence-electron chi connectivity index (χ3n) is 2.18. The Kier molecular flexibility index (Phi) is 2.57. The van der Waals surface area contributed by atoms with E-state index in [0.29, 0.717) is 5.92 Å². The molecule has 1 saturated heterocycles. The molecule has 64 valence electrons. The monoisotopic (exact) mass is 293 g/mol. The fraction of sp³-hybridized carbons (Fsp3) is 0.333. The molecule has 1 N–H and O–H groups in total. The van der Waals surface area contributed by atoms with E-state index in [9.17, 15) is 0 Å². The summed E-state index contributed by atoms with van der Waals surface area (Å²) in [6.07, 6.45) is 0. The zero-order chi connectivity index (χ0) is 8.55. The van der Waals surface area contributed by atoms with Gasteiger partial charge in [-0.05, 0) is 40.3 Å². The maximum Gasteiger partial charge on any atom is 0.0452 e. The maximum absolute atomic E-state index is 6.10. The molecule has 12 heavy (non-hydrogen) atoms. The van der Waals surface area contributed by atoms with Crippen molar-refractivity contribution in [3.8, 4) is 0 Å². The van der Waals surface area contributed by atoms with Crippen molar-refractivity contribution >= 4 is 34.2 Å². The first kappa shape index (κ1) is 8.78. The van der Waals surface area contributed by atoms with Gasteiger partial charge < -0.3 is 5.32 Å². The van der Waals surface area contributed by atoms with Gasteiger partial charge in [0, 0.05) is 27.6 Å². The highest BCUT2D eigenvalue weighted by Gasteiger charge is 2.20. The molecule has 0 radical (unpaired) electrons. The molecule has 0 atom stereocenters. The lowest BCUT2D eigenvalue weighted by atomic mass is 9.94. The van der Waals surface area contributed by atoms with Crippen LogP contribution < -0.4 is 5.32 Å². The van der Waals surface area contributed by atoms with Crippen LogP contribution in [0.1, 0.15) is 11.5 Å². The minimum Gasteiger partial charge on any atom is -0.315 e. The van der Waals surface area contributed by atoms with Crippen molar-refractivity contribution in [2.75, 3.05) is 13.1 Å². The smallest absolute Gasteiger partial charge is 0.0452 e. The predicted octanol–water partition coefficient (Wildman–Crippen LogP) is 2.63. The molecule has 3 heteroatoms. The van der Waals surface area contributed by atoms with E-state index in [0.717, 1.165) is 18.1 Å². The quantitative estimate of drug-likeness (QED) is 0.785. The van der Waals surface area contributed by atoms with E-state index >= 15 is 0 Å². The van der Waals surface area contributed by atoms with Gasteiger partial charge in [0.2, 0.25) is 0 Å². The Morgan fingerprint density at radius 1 is 1.42 bits per heavy atom. The third-order valence-corrected chi connectivity index (χ3v) is 3.18. The summed E-state index contributed by atoms with van der Waals surface area (Å²) in [5.74, 6) is 0.634. The molecule has 0 spiro atoms. The molecule has 1 aromatic carbocycles. The summed E-state index contributed by atoms with van der Waals surface area (Å²) >= 11 is 8.38. The molecule has 0 aromatic heterocycles. The number of hydrogen-bond donors (Lipinski definition) is 1. The average molecular weight is 294 g/mol. The van der Waals surface area contributed by atoms with Crippen LogP contribution in [0.2, 0.25) is 5.02 Å². The van der Waals surface area contributed by atoms with Crippen LogP contribution in [0.15, 0.2) is 18.2 Å². The van der Waals surface area contributed by atoms with Gasteiger partial charge in [-0.1, -0.05) is 17.7 Å². The van der Waals surface area contributed by atoms with Gasteiger partial charge >= 0.3 is 0 Å². The molecule has 0 amide bonds. The van der Waals surface area contributed by atoms with Crippen molar-refractivity contribution in [1.29, 1.82) is 0 Å². The molecule has 1 aromatic rings. The minimum atomic E-state index is 0.634. The van der Waals surface area contributed by atoms with Crippen LogP contribution in [0.25, 0.3) is 0 Å². The van der Waals surface area contributed by atoms with Gasteiger partial charge in [0.05, 0.1) is 0 Å². The molecule has 1 aliphatic rings. The summed E-state index contributed by atoms with van der Waals surface area (Å²) in [5.41, 5.74) is 1.29. The maximum atomic E-state index is 6.10. The first-order valence-electron chi connectivity index (χ1n) is 3.93. The second kappa shape index (κ2) is 3.52. The molecule has 0 aliphatic carbocycles. The summed E-state index contributed by atoms with van der Waals surface area (Å²) in [7, 11) is 0. The molecule has 1 fully saturated rings. The van der Waals surface area contributed by atoms with Crippen molar-refractivity contribution in [1.82, 2.24) is 5.32 Å². The molecular weight excluding hydrogens is 284 g/mol. The van der Waals surface area contributed by atoms with Crippen molar-refractivity contribution < 1.29 is 0 Å². The van der Waals surface area contributed by atoms with Gasteiger partial charge in [-0.15, -0.1) is 0 Å². The predicted molar refractivity (Wildman–Crippen MR) is 59.8 cm³/mol. The third kappa shape index (κ3) is 1.60. The zero-order valence-electron chi connectivity index (χ0n) is 6.48. The van der Waals surface area contributed by atoms with Crippen molar-refractivity contribution in [3.63, 3.8) is 0 Å². The van der Waals surface area contributed by atoms with Crippen LogP contribution in [0.5, 0.6) is 0 Å². The molecule has 2 rings (SSSR count). The Labute approximate surface area is 90.6 Å². The van der Waals surface area contributed by atoms with E-state index in [1.54, 1.807) is 0 Å². The van der Waals surface area contributed by atoms with E-state index in [2.05, 4.69) is 40.0 Å². The van der Waals surface area contributed by atoms with Gasteiger partial charge in [0.25, 0.3) is 0 Å². The summed E-state index contributed by atoms with van der Waals surface area (Å²) in [6.45, 7) is 2.14. The Balaban J connectivity index is 2.31. The standard InChI is InChI=1S/C9H9ClIN/c10-9-3-7(11)1-2-8(9)6-4-12-5-6/h1-3,6,12H,4-5H2. The fourth-order valence-electron chi connectivity index (χ4n) is 1.34. The van der Waals surface area contributed by atoms with Crippen LogP contribution in [0.3, 0.4) is 0 Å². The number of benzene rings is 1. The second-order valence-electron chi connectivity index (χ2n) is 3.02. The summed E-state index contributed by atoms with van der Waals surface area (Å²) in [5, 5.41) is 4.15. The lowest BCUT2D eigenvalue weighted by Crippen LogP contribution is -2.39.